The Balaban J connectivity index is 1.24. The highest BCUT2D eigenvalue weighted by Crippen LogP contribution is 2.31. The van der Waals surface area contributed by atoms with Gasteiger partial charge in [0.15, 0.2) is 5.82 Å². The van der Waals surface area contributed by atoms with Crippen LogP contribution in [0.3, 0.4) is 0 Å². The first kappa shape index (κ1) is 34.0. The molecule has 0 saturated heterocycles. The number of imidazole rings is 1. The topological polar surface area (TPSA) is 89.7 Å². The highest BCUT2D eigenvalue weighted by Gasteiger charge is 2.17. The van der Waals surface area contributed by atoms with Crippen molar-refractivity contribution in [3.05, 3.63) is 162 Å². The minimum Gasteiger partial charge on any atom is -0.497 e. The summed E-state index contributed by atoms with van der Waals surface area (Å²) in [6.07, 6.45) is 4.50. The van der Waals surface area contributed by atoms with Gasteiger partial charge in [0.2, 0.25) is 0 Å². The van der Waals surface area contributed by atoms with E-state index in [1.54, 1.807) is 20.5 Å². The molecule has 0 aliphatic heterocycles. The van der Waals surface area contributed by atoms with Crippen LogP contribution in [0, 0.1) is 0 Å². The number of nitrogens with zero attached hydrogens (tertiary/aromatic N) is 6. The van der Waals surface area contributed by atoms with Gasteiger partial charge in [-0.15, -0.1) is 0 Å². The molecule has 7 aromatic rings. The summed E-state index contributed by atoms with van der Waals surface area (Å²) in [4.78, 5) is 22.2. The highest BCUT2D eigenvalue weighted by atomic mass is 16.5. The molecule has 0 unspecified atom stereocenters. The summed E-state index contributed by atoms with van der Waals surface area (Å²) in [7, 11) is 5.35. The quantitative estimate of drug-likeness (QED) is 0.121. The predicted molar refractivity (Wildman–Crippen MR) is 209 cm³/mol. The second-order valence-electron chi connectivity index (χ2n) is 12.5. The van der Waals surface area contributed by atoms with Crippen LogP contribution in [-0.2, 0) is 26.6 Å². The van der Waals surface area contributed by atoms with Crippen molar-refractivity contribution >= 4 is 39.9 Å². The number of anilines is 3. The van der Waals surface area contributed by atoms with Gasteiger partial charge in [-0.1, -0.05) is 91.9 Å². The maximum absolute atomic E-state index is 5.40. The van der Waals surface area contributed by atoms with Gasteiger partial charge < -0.3 is 24.3 Å². The van der Waals surface area contributed by atoms with Crippen LogP contribution in [0.15, 0.2) is 139 Å². The highest BCUT2D eigenvalue weighted by molar-refractivity contribution is 6.14. The van der Waals surface area contributed by atoms with Gasteiger partial charge in [-0.05, 0) is 53.4 Å². The number of rotatable bonds is 13. The fourth-order valence-corrected chi connectivity index (χ4v) is 6.17. The number of ether oxygens (including phenoxy) is 2. The Morgan fingerprint density at radius 2 is 1.33 bits per heavy atom. The molecular formula is C43H41N7O2. The van der Waals surface area contributed by atoms with Gasteiger partial charge in [0.25, 0.3) is 0 Å². The van der Waals surface area contributed by atoms with Crippen molar-refractivity contribution in [2.75, 3.05) is 24.4 Å². The Hall–Kier alpha value is -6.48. The van der Waals surface area contributed by atoms with Crippen LogP contribution in [0.2, 0.25) is 0 Å². The summed E-state index contributed by atoms with van der Waals surface area (Å²) >= 11 is 0. The molecular weight excluding hydrogens is 647 g/mol. The van der Waals surface area contributed by atoms with E-state index in [0.29, 0.717) is 24.7 Å². The lowest BCUT2D eigenvalue weighted by Crippen LogP contribution is -2.23. The lowest BCUT2D eigenvalue weighted by atomic mass is 10.0. The molecule has 0 radical (unpaired) electrons. The minimum atomic E-state index is 0.538. The van der Waals surface area contributed by atoms with E-state index in [0.717, 1.165) is 74.0 Å². The van der Waals surface area contributed by atoms with Crippen molar-refractivity contribution in [1.29, 1.82) is 0 Å². The van der Waals surface area contributed by atoms with Crippen molar-refractivity contribution < 1.29 is 9.47 Å². The van der Waals surface area contributed by atoms with Gasteiger partial charge >= 0.3 is 0 Å². The number of hydrogen-bond acceptors (Lipinski definition) is 8. The van der Waals surface area contributed by atoms with Crippen molar-refractivity contribution in [1.82, 2.24) is 19.5 Å². The monoisotopic (exact) mass is 687 g/mol. The summed E-state index contributed by atoms with van der Waals surface area (Å²) in [5.41, 5.74) is 8.79. The van der Waals surface area contributed by atoms with Crippen LogP contribution >= 0.6 is 0 Å². The number of nitrogens with one attached hydrogen (secondary N) is 1. The molecule has 0 fully saturated rings. The molecule has 3 heterocycles. The van der Waals surface area contributed by atoms with E-state index >= 15 is 0 Å². The molecule has 0 atom stereocenters. The van der Waals surface area contributed by atoms with Gasteiger partial charge in [0.1, 0.15) is 28.7 Å². The number of hydrogen-bond donors (Lipinski definition) is 1. The second-order valence-corrected chi connectivity index (χ2v) is 12.5. The number of aromatic nitrogens is 4. The van der Waals surface area contributed by atoms with Crippen LogP contribution in [0.25, 0.3) is 11.0 Å². The average Bonchev–Trinajstić information content (AvgIpc) is 3.58. The van der Waals surface area contributed by atoms with E-state index in [9.17, 15) is 0 Å². The Morgan fingerprint density at radius 1 is 0.750 bits per heavy atom. The van der Waals surface area contributed by atoms with Gasteiger partial charge in [-0.3, -0.25) is 0 Å². The van der Waals surface area contributed by atoms with Gasteiger partial charge in [-0.2, -0.15) is 0 Å². The number of aryl methyl sites for hydroxylation is 2. The summed E-state index contributed by atoms with van der Waals surface area (Å²) in [6, 6.07) is 40.9. The van der Waals surface area contributed by atoms with Crippen molar-refractivity contribution in [2.45, 2.75) is 26.4 Å². The molecule has 1 N–H and O–H groups in total. The van der Waals surface area contributed by atoms with E-state index < -0.39 is 0 Å². The largest absolute Gasteiger partial charge is 0.497 e. The maximum atomic E-state index is 5.40. The Morgan fingerprint density at radius 3 is 1.87 bits per heavy atom. The van der Waals surface area contributed by atoms with Crippen molar-refractivity contribution in [3.8, 4) is 11.5 Å². The first-order valence-corrected chi connectivity index (χ1v) is 17.3. The molecule has 9 heteroatoms. The molecule has 0 saturated carbocycles. The standard InChI is InChI=1S/C43H41N7O2/c1-5-32-24-40(50(27-30-16-20-35(51-3)21-17-30)28-31-18-22-36(52-4)23-19-31)44-26-37(32)46-39-25-38-42(45-29-49(38)2)43(47-39)48-41(33-12-8-6-9-13-33)34-14-10-7-11-15-34/h6-26,29H,5,27-28H2,1-4H3,(H,46,47). The molecule has 0 aliphatic rings. The van der Waals surface area contributed by atoms with E-state index in [1.807, 2.05) is 84.5 Å². The lowest BCUT2D eigenvalue weighted by Gasteiger charge is -2.25. The summed E-state index contributed by atoms with van der Waals surface area (Å²) in [5.74, 6) is 3.74. The maximum Gasteiger partial charge on any atom is 0.183 e. The molecule has 0 bridgehead atoms. The number of methoxy groups -OCH3 is 2. The lowest BCUT2D eigenvalue weighted by molar-refractivity contribution is 0.414. The molecule has 7 rings (SSSR count). The summed E-state index contributed by atoms with van der Waals surface area (Å²) < 4.78 is 12.8. The first-order valence-electron chi connectivity index (χ1n) is 17.3. The summed E-state index contributed by atoms with van der Waals surface area (Å²) in [5, 5.41) is 3.59. The van der Waals surface area contributed by atoms with Crippen LogP contribution in [0.4, 0.5) is 23.1 Å². The van der Waals surface area contributed by atoms with Gasteiger partial charge in [-0.25, -0.2) is 19.9 Å². The molecule has 0 amide bonds. The van der Waals surface area contributed by atoms with Gasteiger partial charge in [0, 0.05) is 37.3 Å². The SMILES string of the molecule is CCc1cc(N(Cc2ccc(OC)cc2)Cc2ccc(OC)cc2)ncc1Nc1cc2c(ncn2C)c(N=C(c2ccccc2)c2ccccc2)n1. The molecule has 9 nitrogen and oxygen atoms in total. The molecule has 4 aromatic carbocycles. The van der Waals surface area contributed by atoms with E-state index in [1.165, 1.54) is 0 Å². The predicted octanol–water partition coefficient (Wildman–Crippen LogP) is 9.06. The van der Waals surface area contributed by atoms with E-state index in [-0.39, 0.29) is 0 Å². The fraction of sp³-hybridized carbons (Fsp3) is 0.163. The van der Waals surface area contributed by atoms with E-state index in [2.05, 4.69) is 71.7 Å². The van der Waals surface area contributed by atoms with E-state index in [4.69, 9.17) is 29.4 Å². The van der Waals surface area contributed by atoms with Crippen LogP contribution in [-0.4, -0.2) is 39.5 Å². The van der Waals surface area contributed by atoms with Crippen LogP contribution < -0.4 is 19.7 Å². The second kappa shape index (κ2) is 15.6. The molecule has 0 aliphatic carbocycles. The third kappa shape index (κ3) is 7.63. The van der Waals surface area contributed by atoms with Crippen LogP contribution in [0.5, 0.6) is 11.5 Å². The third-order valence-electron chi connectivity index (χ3n) is 9.01. The van der Waals surface area contributed by atoms with Crippen LogP contribution in [0.1, 0.15) is 34.7 Å². The number of fused-ring (bicyclic) bond motifs is 1. The zero-order chi connectivity index (χ0) is 35.9. The molecule has 260 valence electrons. The Bertz CT molecular complexity index is 2190. The first-order chi connectivity index (χ1) is 25.5. The molecule has 3 aromatic heterocycles. The average molecular weight is 688 g/mol. The molecule has 0 spiro atoms. The zero-order valence-corrected chi connectivity index (χ0v) is 29.8. The number of benzene rings is 4. The zero-order valence-electron chi connectivity index (χ0n) is 29.8. The normalized spacial score (nSPS) is 10.9. The third-order valence-corrected chi connectivity index (χ3v) is 9.01. The fourth-order valence-electron chi connectivity index (χ4n) is 6.17. The molecule has 52 heavy (non-hydrogen) atoms. The van der Waals surface area contributed by atoms with Crippen molar-refractivity contribution in [2.24, 2.45) is 12.0 Å². The van der Waals surface area contributed by atoms with Crippen molar-refractivity contribution in [3.63, 3.8) is 0 Å². The Labute approximate surface area is 304 Å². The number of aliphatic imine (C=N–C) groups is 1. The Kier molecular flexibility index (Phi) is 10.2. The minimum absolute atomic E-state index is 0.538. The van der Waals surface area contributed by atoms with Gasteiger partial charge in [0.05, 0.1) is 43.7 Å². The number of pyridine rings is 2. The smallest absolute Gasteiger partial charge is 0.183 e. The summed E-state index contributed by atoms with van der Waals surface area (Å²) in [6.45, 7) is 3.50.